The second-order valence-corrected chi connectivity index (χ2v) is 11.6. The molecule has 1 aliphatic rings. The summed E-state index contributed by atoms with van der Waals surface area (Å²) in [6.45, 7) is 0. The van der Waals surface area contributed by atoms with Crippen LogP contribution in [0.25, 0.3) is 0 Å². The molecular formula is C5H13AlO10S3. The van der Waals surface area contributed by atoms with Crippen LogP contribution in [0.4, 0.5) is 0 Å². The average molecular weight is 356 g/mol. The lowest BCUT2D eigenvalue weighted by Gasteiger charge is -2.31. The summed E-state index contributed by atoms with van der Waals surface area (Å²) >= 11 is -1.65. The largest absolute Gasteiger partial charge is 0.412 e. The van der Waals surface area contributed by atoms with Crippen molar-refractivity contribution in [1.29, 1.82) is 0 Å². The number of hydrogen-bond donors (Lipinski definition) is 3. The highest BCUT2D eigenvalue weighted by Crippen LogP contribution is 2.29. The molecule has 1 rings (SSSR count). The van der Waals surface area contributed by atoms with Gasteiger partial charge in [0.05, 0.1) is 4.11 Å². The molecule has 0 spiro atoms. The van der Waals surface area contributed by atoms with Crippen molar-refractivity contribution >= 4 is 45.6 Å². The van der Waals surface area contributed by atoms with E-state index in [-0.39, 0.29) is 17.2 Å². The summed E-state index contributed by atoms with van der Waals surface area (Å²) in [5.41, 5.74) is 0. The molecule has 0 amide bonds. The van der Waals surface area contributed by atoms with Crippen molar-refractivity contribution in [1.82, 2.24) is 0 Å². The van der Waals surface area contributed by atoms with Gasteiger partial charge >= 0.3 is 0 Å². The zero-order valence-corrected chi connectivity index (χ0v) is 13.2. The number of hydrogen-bond acceptors (Lipinski definition) is 6. The van der Waals surface area contributed by atoms with Crippen LogP contribution in [0.15, 0.2) is 0 Å². The van der Waals surface area contributed by atoms with Gasteiger partial charge in [-0.3, -0.25) is 13.7 Å². The van der Waals surface area contributed by atoms with E-state index in [9.17, 15) is 25.3 Å². The Morgan fingerprint density at radius 2 is 1.32 bits per heavy atom. The van der Waals surface area contributed by atoms with E-state index >= 15 is 0 Å². The molecule has 3 unspecified atom stereocenters. The molecule has 1 heterocycles. The number of rotatable bonds is 3. The zero-order valence-electron chi connectivity index (χ0n) is 9.37. The van der Waals surface area contributed by atoms with Gasteiger partial charge in [0.15, 0.2) is 0 Å². The lowest BCUT2D eigenvalue weighted by Crippen LogP contribution is -2.55. The van der Waals surface area contributed by atoms with Gasteiger partial charge in [-0.25, -0.2) is 8.42 Å². The summed E-state index contributed by atoms with van der Waals surface area (Å²) in [4.78, 5) is 0. The Labute approximate surface area is 116 Å². The van der Waals surface area contributed by atoms with Gasteiger partial charge in [0.1, 0.15) is 10.5 Å². The first-order valence-electron chi connectivity index (χ1n) is 4.74. The summed E-state index contributed by atoms with van der Waals surface area (Å²) in [7, 11) is -14.7. The summed E-state index contributed by atoms with van der Waals surface area (Å²) in [5.74, 6) is 0. The summed E-state index contributed by atoms with van der Waals surface area (Å²) in [6, 6.07) is 0. The maximum absolute atomic E-state index is 11.1. The Morgan fingerprint density at radius 3 is 1.63 bits per heavy atom. The van der Waals surface area contributed by atoms with E-state index in [0.29, 0.717) is 0 Å². The predicted molar refractivity (Wildman–Crippen MR) is 66.2 cm³/mol. The Balaban J connectivity index is 0.00000324. The predicted octanol–water partition coefficient (Wildman–Crippen LogP) is -2.85. The molecule has 5 N–H and O–H groups in total. The molecule has 1 saturated heterocycles. The van der Waals surface area contributed by atoms with E-state index in [1.165, 1.54) is 0 Å². The molecule has 19 heavy (non-hydrogen) atoms. The van der Waals surface area contributed by atoms with Crippen molar-refractivity contribution in [2.75, 3.05) is 0 Å². The third kappa shape index (κ3) is 4.62. The fourth-order valence-corrected chi connectivity index (χ4v) is 11.4. The first-order valence-corrected chi connectivity index (χ1v) is 11.1. The van der Waals surface area contributed by atoms with E-state index in [2.05, 4.69) is 0 Å². The molecule has 14 heteroatoms. The summed E-state index contributed by atoms with van der Waals surface area (Å²) in [5, 5.41) is -4.07. The molecule has 0 saturated carbocycles. The molecule has 0 aliphatic carbocycles. The van der Waals surface area contributed by atoms with Crippen LogP contribution in [0.5, 0.6) is 0 Å². The molecule has 10 nitrogen and oxygen atoms in total. The maximum atomic E-state index is 11.1. The highest BCUT2D eigenvalue weighted by Gasteiger charge is 2.52. The fourth-order valence-electron chi connectivity index (χ4n) is 2.11. The van der Waals surface area contributed by atoms with E-state index < -0.39 is 60.2 Å². The Bertz CT molecular complexity index is 578. The van der Waals surface area contributed by atoms with Crippen LogP contribution in [0.2, 0.25) is 5.28 Å². The first-order chi connectivity index (χ1) is 7.85. The van der Waals surface area contributed by atoms with Gasteiger partial charge in [-0.2, -0.15) is 16.8 Å². The minimum atomic E-state index is -5.03. The van der Waals surface area contributed by atoms with E-state index in [1.807, 2.05) is 0 Å². The van der Waals surface area contributed by atoms with Crippen LogP contribution in [-0.4, -0.2) is 74.2 Å². The van der Waals surface area contributed by atoms with Crippen molar-refractivity contribution in [3.8, 4) is 0 Å². The molecular weight excluding hydrogens is 343 g/mol. The van der Waals surface area contributed by atoms with Crippen molar-refractivity contribution < 1.29 is 44.4 Å². The molecule has 0 bridgehead atoms. The molecule has 1 aliphatic heterocycles. The topological polar surface area (TPSA) is 195 Å². The summed E-state index contributed by atoms with van der Waals surface area (Å²) in [6.07, 6.45) is -0.262. The molecule has 114 valence electrons. The minimum Gasteiger partial charge on any atom is -0.412 e. The SMILES string of the molecule is O.O=S(=O)(O)C1C[CH2][AlH][CH](S(=O)(=O)O)C1S(=O)(=O)O. The van der Waals surface area contributed by atoms with Crippen LogP contribution in [0, 0.1) is 0 Å². The van der Waals surface area contributed by atoms with Gasteiger partial charge in [0.25, 0.3) is 45.6 Å². The standard InChI is InChI=1S/C5H10O9S3.Al.H2O.H/c1-2-4(16(9,10)11)5(17(12,13)14)3-15(6,7)8;;;/h3-5H,1-2H2,(H,6,7,8)(H,9,10,11)(H,12,13,14);;1H2;. The van der Waals surface area contributed by atoms with Gasteiger partial charge in [-0.05, 0) is 6.42 Å². The van der Waals surface area contributed by atoms with E-state index in [0.717, 1.165) is 0 Å². The zero-order chi connectivity index (χ0) is 14.4. The fraction of sp³-hybridized carbons (Fsp3) is 1.00. The van der Waals surface area contributed by atoms with E-state index in [4.69, 9.17) is 13.7 Å². The quantitative estimate of drug-likeness (QED) is 0.352. The van der Waals surface area contributed by atoms with Crippen molar-refractivity contribution in [3.05, 3.63) is 0 Å². The smallest absolute Gasteiger partial charge is 0.271 e. The van der Waals surface area contributed by atoms with Crippen LogP contribution in [-0.2, 0) is 30.4 Å². The molecule has 3 atom stereocenters. The van der Waals surface area contributed by atoms with Crippen LogP contribution in [0.1, 0.15) is 6.42 Å². The third-order valence-corrected chi connectivity index (χ3v) is 11.1. The molecule has 0 aromatic heterocycles. The lowest BCUT2D eigenvalue weighted by molar-refractivity contribution is 0.424. The first kappa shape index (κ1) is 19.2. The Kier molecular flexibility index (Phi) is 5.99. The van der Waals surface area contributed by atoms with Gasteiger partial charge < -0.3 is 5.48 Å². The second kappa shape index (κ2) is 5.92. The third-order valence-electron chi connectivity index (χ3n) is 2.82. The van der Waals surface area contributed by atoms with E-state index in [1.54, 1.807) is 0 Å². The van der Waals surface area contributed by atoms with Gasteiger partial charge in [-0.1, -0.05) is 5.28 Å². The van der Waals surface area contributed by atoms with Crippen LogP contribution < -0.4 is 0 Å². The van der Waals surface area contributed by atoms with Crippen molar-refractivity contribution in [2.45, 2.75) is 26.3 Å². The van der Waals surface area contributed by atoms with Crippen molar-refractivity contribution in [2.24, 2.45) is 0 Å². The second-order valence-electron chi connectivity index (χ2n) is 4.02. The van der Waals surface area contributed by atoms with Gasteiger partial charge in [0, 0.05) is 0 Å². The molecule has 0 aromatic carbocycles. The molecule has 1 fully saturated rings. The maximum Gasteiger partial charge on any atom is 0.271 e. The highest BCUT2D eigenvalue weighted by atomic mass is 32.2. The van der Waals surface area contributed by atoms with Gasteiger partial charge in [0.2, 0.25) is 0 Å². The van der Waals surface area contributed by atoms with Gasteiger partial charge in [-0.15, -0.1) is 0 Å². The average Bonchev–Trinajstić information content (AvgIpc) is 2.12. The lowest BCUT2D eigenvalue weighted by atomic mass is 10.2. The Hall–Kier alpha value is 0.222. The van der Waals surface area contributed by atoms with Crippen LogP contribution >= 0.6 is 0 Å². The molecule has 0 aromatic rings. The Morgan fingerprint density at radius 1 is 0.842 bits per heavy atom. The summed E-state index contributed by atoms with van der Waals surface area (Å²) < 4.78 is 91.4. The van der Waals surface area contributed by atoms with Crippen molar-refractivity contribution in [3.63, 3.8) is 0 Å². The molecule has 0 radical (unpaired) electrons. The minimum absolute atomic E-state index is 0. The normalized spacial score (nSPS) is 29.1. The monoisotopic (exact) mass is 356 g/mol. The highest BCUT2D eigenvalue weighted by molar-refractivity contribution is 7.93. The van der Waals surface area contributed by atoms with Crippen LogP contribution in [0.3, 0.4) is 0 Å².